The summed E-state index contributed by atoms with van der Waals surface area (Å²) in [5.41, 5.74) is 2.04. The molecule has 5 nitrogen and oxygen atoms in total. The minimum atomic E-state index is -0.376. The van der Waals surface area contributed by atoms with E-state index >= 15 is 0 Å². The van der Waals surface area contributed by atoms with Crippen molar-refractivity contribution in [2.75, 3.05) is 11.9 Å². The molecule has 122 valence electrons. The van der Waals surface area contributed by atoms with Crippen molar-refractivity contribution in [2.24, 2.45) is 0 Å². The molecule has 0 spiro atoms. The number of fused-ring (bicyclic) bond motifs is 3. The van der Waals surface area contributed by atoms with E-state index in [0.717, 1.165) is 11.2 Å². The Morgan fingerprint density at radius 2 is 1.96 bits per heavy atom. The molecule has 0 N–H and O–H groups in total. The van der Waals surface area contributed by atoms with Crippen LogP contribution in [0.2, 0.25) is 0 Å². The van der Waals surface area contributed by atoms with Crippen molar-refractivity contribution in [2.45, 2.75) is 6.92 Å². The smallest absolute Gasteiger partial charge is 0.257 e. The summed E-state index contributed by atoms with van der Waals surface area (Å²) in [6.45, 7) is 1.68. The van der Waals surface area contributed by atoms with Gasteiger partial charge < -0.3 is 4.90 Å². The summed E-state index contributed by atoms with van der Waals surface area (Å²) in [5.74, 6) is 6.21. The van der Waals surface area contributed by atoms with Gasteiger partial charge in [0.05, 0.1) is 11.1 Å². The van der Waals surface area contributed by atoms with Crippen molar-refractivity contribution < 1.29 is 4.39 Å². The fourth-order valence-electron chi connectivity index (χ4n) is 2.83. The summed E-state index contributed by atoms with van der Waals surface area (Å²) in [7, 11) is 1.89. The molecular weight excluding hydrogens is 317 g/mol. The minimum absolute atomic E-state index is 0.338. The fraction of sp³-hybridized carbons (Fsp3) is 0.105. The molecule has 0 bridgehead atoms. The number of anilines is 2. The van der Waals surface area contributed by atoms with Gasteiger partial charge in [0.25, 0.3) is 5.78 Å². The lowest BCUT2D eigenvalue weighted by Gasteiger charge is -2.20. The SMILES string of the molecule is CC#Cc1cc2c(cc1F)c(N(C)c1ccccc1)nc1nncn12. The maximum Gasteiger partial charge on any atom is 0.257 e. The van der Waals surface area contributed by atoms with Gasteiger partial charge >= 0.3 is 0 Å². The highest BCUT2D eigenvalue weighted by Gasteiger charge is 2.16. The van der Waals surface area contributed by atoms with Gasteiger partial charge in [0.15, 0.2) is 0 Å². The number of aromatic nitrogens is 4. The lowest BCUT2D eigenvalue weighted by molar-refractivity contribution is 0.626. The monoisotopic (exact) mass is 331 g/mol. The van der Waals surface area contributed by atoms with Crippen LogP contribution >= 0.6 is 0 Å². The molecule has 25 heavy (non-hydrogen) atoms. The Bertz CT molecular complexity index is 1140. The Morgan fingerprint density at radius 1 is 1.16 bits per heavy atom. The highest BCUT2D eigenvalue weighted by Crippen LogP contribution is 2.31. The lowest BCUT2D eigenvalue weighted by atomic mass is 10.1. The second-order valence-corrected chi connectivity index (χ2v) is 5.56. The predicted molar refractivity (Wildman–Crippen MR) is 95.3 cm³/mol. The van der Waals surface area contributed by atoms with E-state index in [1.165, 1.54) is 6.07 Å². The number of benzene rings is 2. The van der Waals surface area contributed by atoms with Crippen LogP contribution in [-0.4, -0.2) is 26.6 Å². The first kappa shape index (κ1) is 15.1. The number of hydrogen-bond donors (Lipinski definition) is 0. The minimum Gasteiger partial charge on any atom is -0.329 e. The third-order valence-corrected chi connectivity index (χ3v) is 4.04. The van der Waals surface area contributed by atoms with Crippen molar-refractivity contribution in [3.63, 3.8) is 0 Å². The van der Waals surface area contributed by atoms with E-state index in [0.29, 0.717) is 22.5 Å². The molecule has 0 saturated heterocycles. The van der Waals surface area contributed by atoms with E-state index in [9.17, 15) is 4.39 Å². The third kappa shape index (κ3) is 2.46. The number of halogens is 1. The van der Waals surface area contributed by atoms with Crippen LogP contribution in [0.15, 0.2) is 48.8 Å². The first-order valence-electron chi connectivity index (χ1n) is 7.73. The number of para-hydroxylation sites is 1. The second-order valence-electron chi connectivity index (χ2n) is 5.56. The molecule has 0 unspecified atom stereocenters. The normalized spacial score (nSPS) is 10.7. The van der Waals surface area contributed by atoms with Gasteiger partial charge in [-0.25, -0.2) is 4.39 Å². The molecule has 6 heteroatoms. The molecule has 0 aliphatic carbocycles. The van der Waals surface area contributed by atoms with Crippen molar-refractivity contribution in [1.82, 2.24) is 19.6 Å². The average Bonchev–Trinajstić information content (AvgIpc) is 3.11. The van der Waals surface area contributed by atoms with Gasteiger partial charge in [-0.15, -0.1) is 16.1 Å². The summed E-state index contributed by atoms with van der Waals surface area (Å²) in [6, 6.07) is 12.9. The van der Waals surface area contributed by atoms with Crippen LogP contribution in [0.3, 0.4) is 0 Å². The first-order chi connectivity index (χ1) is 12.2. The van der Waals surface area contributed by atoms with Gasteiger partial charge in [0.2, 0.25) is 0 Å². The van der Waals surface area contributed by atoms with Crippen LogP contribution in [0.25, 0.3) is 16.7 Å². The van der Waals surface area contributed by atoms with Gasteiger partial charge in [0, 0.05) is 18.1 Å². The van der Waals surface area contributed by atoms with E-state index < -0.39 is 0 Å². The molecule has 4 aromatic rings. The van der Waals surface area contributed by atoms with E-state index in [4.69, 9.17) is 0 Å². The largest absolute Gasteiger partial charge is 0.329 e. The number of nitrogens with zero attached hydrogens (tertiary/aromatic N) is 5. The standard InChI is InChI=1S/C19H14FN5/c1-3-7-13-10-17-15(11-16(13)20)18(22-19-23-21-12-25(17)19)24(2)14-8-5-4-6-9-14/h4-6,8-12H,1-2H3. The van der Waals surface area contributed by atoms with E-state index in [2.05, 4.69) is 27.0 Å². The highest BCUT2D eigenvalue weighted by atomic mass is 19.1. The van der Waals surface area contributed by atoms with Crippen LogP contribution in [0.1, 0.15) is 12.5 Å². The molecule has 2 aromatic heterocycles. The van der Waals surface area contributed by atoms with Gasteiger partial charge in [-0.1, -0.05) is 24.1 Å². The van der Waals surface area contributed by atoms with Gasteiger partial charge in [-0.05, 0) is 31.2 Å². The first-order valence-corrected chi connectivity index (χ1v) is 7.73. The van der Waals surface area contributed by atoms with E-state index in [1.54, 1.807) is 23.7 Å². The quantitative estimate of drug-likeness (QED) is 0.527. The van der Waals surface area contributed by atoms with Crippen LogP contribution in [-0.2, 0) is 0 Å². The Morgan fingerprint density at radius 3 is 2.72 bits per heavy atom. The molecule has 2 aromatic carbocycles. The maximum atomic E-state index is 14.5. The summed E-state index contributed by atoms with van der Waals surface area (Å²) in [5, 5.41) is 8.64. The Labute approximate surface area is 143 Å². The average molecular weight is 331 g/mol. The molecule has 0 radical (unpaired) electrons. The molecule has 0 fully saturated rings. The predicted octanol–water partition coefficient (Wildman–Crippen LogP) is 3.56. The van der Waals surface area contributed by atoms with E-state index in [1.807, 2.05) is 42.3 Å². The van der Waals surface area contributed by atoms with Crippen LogP contribution < -0.4 is 4.90 Å². The number of hydrogen-bond acceptors (Lipinski definition) is 4. The molecule has 0 aliphatic heterocycles. The molecule has 0 aliphatic rings. The molecule has 0 amide bonds. The highest BCUT2D eigenvalue weighted by molar-refractivity contribution is 5.94. The Kier molecular flexibility index (Phi) is 3.55. The molecule has 2 heterocycles. The zero-order chi connectivity index (χ0) is 17.4. The molecule has 0 saturated carbocycles. The maximum absolute atomic E-state index is 14.5. The summed E-state index contributed by atoms with van der Waals surface area (Å²) < 4.78 is 16.2. The zero-order valence-electron chi connectivity index (χ0n) is 13.7. The molecular formula is C19H14FN5. The van der Waals surface area contributed by atoms with Gasteiger partial charge in [0.1, 0.15) is 18.0 Å². The zero-order valence-corrected chi connectivity index (χ0v) is 13.7. The van der Waals surface area contributed by atoms with Gasteiger partial charge in [-0.2, -0.15) is 4.98 Å². The van der Waals surface area contributed by atoms with Crippen molar-refractivity contribution in [3.05, 3.63) is 60.2 Å². The van der Waals surface area contributed by atoms with Crippen molar-refractivity contribution in [1.29, 1.82) is 0 Å². The Hall–Kier alpha value is -3.46. The second kappa shape index (κ2) is 5.87. The molecule has 0 atom stereocenters. The molecule has 4 rings (SSSR count). The van der Waals surface area contributed by atoms with Gasteiger partial charge in [-0.3, -0.25) is 4.40 Å². The van der Waals surface area contributed by atoms with Crippen molar-refractivity contribution >= 4 is 28.2 Å². The number of rotatable bonds is 2. The summed E-state index contributed by atoms with van der Waals surface area (Å²) in [6.07, 6.45) is 1.57. The summed E-state index contributed by atoms with van der Waals surface area (Å²) in [4.78, 5) is 6.47. The van der Waals surface area contributed by atoms with Crippen LogP contribution in [0, 0.1) is 17.7 Å². The third-order valence-electron chi connectivity index (χ3n) is 4.04. The fourth-order valence-corrected chi connectivity index (χ4v) is 2.83. The Balaban J connectivity index is 2.05. The van der Waals surface area contributed by atoms with Crippen molar-refractivity contribution in [3.8, 4) is 11.8 Å². The van der Waals surface area contributed by atoms with Crippen LogP contribution in [0.4, 0.5) is 15.9 Å². The topological polar surface area (TPSA) is 46.3 Å². The van der Waals surface area contributed by atoms with Crippen LogP contribution in [0.5, 0.6) is 0 Å². The van der Waals surface area contributed by atoms with E-state index in [-0.39, 0.29) is 5.82 Å². The lowest BCUT2D eigenvalue weighted by Crippen LogP contribution is -2.13. The summed E-state index contributed by atoms with van der Waals surface area (Å²) >= 11 is 0.